The molecule has 2 heterocycles. The predicted molar refractivity (Wildman–Crippen MR) is 84.1 cm³/mol. The average Bonchev–Trinajstić information content (AvgIpc) is 2.91. The van der Waals surface area contributed by atoms with E-state index in [0.717, 1.165) is 4.88 Å². The quantitative estimate of drug-likeness (QED) is 0.401. The Labute approximate surface area is 126 Å². The van der Waals surface area contributed by atoms with Gasteiger partial charge in [0.15, 0.2) is 5.11 Å². The van der Waals surface area contributed by atoms with Gasteiger partial charge in [-0.05, 0) is 35.8 Å². The highest BCUT2D eigenvalue weighted by Gasteiger charge is 2.31. The van der Waals surface area contributed by atoms with Gasteiger partial charge in [-0.15, -0.1) is 17.9 Å². The lowest BCUT2D eigenvalue weighted by Gasteiger charge is -2.27. The zero-order chi connectivity index (χ0) is 14.5. The van der Waals surface area contributed by atoms with E-state index in [2.05, 4.69) is 11.9 Å². The van der Waals surface area contributed by atoms with Gasteiger partial charge in [-0.2, -0.15) is 0 Å². The van der Waals surface area contributed by atoms with Gasteiger partial charge in [0.2, 0.25) is 0 Å². The van der Waals surface area contributed by atoms with Crippen LogP contribution in [0.25, 0.3) is 6.08 Å². The Bertz CT molecular complexity index is 615. The van der Waals surface area contributed by atoms with E-state index in [1.54, 1.807) is 23.5 Å². The zero-order valence-corrected chi connectivity index (χ0v) is 12.2. The van der Waals surface area contributed by atoms with Gasteiger partial charge < -0.3 is 0 Å². The molecule has 1 fully saturated rings. The molecule has 20 heavy (non-hydrogen) atoms. The van der Waals surface area contributed by atoms with Crippen molar-refractivity contribution in [3.8, 4) is 0 Å². The molecule has 1 aromatic rings. The molecule has 0 aliphatic carbocycles. The van der Waals surface area contributed by atoms with E-state index < -0.39 is 11.8 Å². The van der Waals surface area contributed by atoms with Crippen LogP contribution >= 0.6 is 23.6 Å². The van der Waals surface area contributed by atoms with Crippen LogP contribution in [0.5, 0.6) is 0 Å². The fraction of sp³-hybridized carbons (Fsp3) is 0.0714. The second-order valence-corrected chi connectivity index (χ2v) is 5.28. The van der Waals surface area contributed by atoms with E-state index in [1.165, 1.54) is 11.0 Å². The molecule has 0 spiro atoms. The lowest BCUT2D eigenvalue weighted by Crippen LogP contribution is -2.53. The molecule has 0 aromatic carbocycles. The molecule has 4 nitrogen and oxygen atoms in total. The van der Waals surface area contributed by atoms with E-state index in [0.29, 0.717) is 0 Å². The Morgan fingerprint density at radius 2 is 2.25 bits per heavy atom. The molecule has 1 saturated heterocycles. The van der Waals surface area contributed by atoms with Crippen molar-refractivity contribution < 1.29 is 9.59 Å². The van der Waals surface area contributed by atoms with Crippen molar-refractivity contribution in [3.63, 3.8) is 0 Å². The van der Waals surface area contributed by atoms with Crippen molar-refractivity contribution in [2.75, 3.05) is 6.54 Å². The molecule has 1 aromatic heterocycles. The fourth-order valence-corrected chi connectivity index (χ4v) is 2.51. The Morgan fingerprint density at radius 1 is 1.45 bits per heavy atom. The first-order valence-electron chi connectivity index (χ1n) is 5.83. The molecule has 0 saturated carbocycles. The summed E-state index contributed by atoms with van der Waals surface area (Å²) in [5, 5.41) is 4.55. The van der Waals surface area contributed by atoms with Gasteiger partial charge in [-0.25, -0.2) is 0 Å². The highest BCUT2D eigenvalue weighted by atomic mass is 32.1. The maximum absolute atomic E-state index is 12.2. The summed E-state index contributed by atoms with van der Waals surface area (Å²) in [6.45, 7) is 3.83. The summed E-state index contributed by atoms with van der Waals surface area (Å²) in [5.41, 5.74) is 0.0632. The van der Waals surface area contributed by atoms with Crippen molar-refractivity contribution in [3.05, 3.63) is 52.8 Å². The fourth-order valence-electron chi connectivity index (χ4n) is 1.63. The first kappa shape index (κ1) is 14.4. The molecule has 0 atom stereocenters. The summed E-state index contributed by atoms with van der Waals surface area (Å²) in [5.74, 6) is -0.884. The van der Waals surface area contributed by atoms with E-state index >= 15 is 0 Å². The monoisotopic (exact) mass is 304 g/mol. The molecule has 6 heteroatoms. The summed E-state index contributed by atoms with van der Waals surface area (Å²) in [4.78, 5) is 26.3. The maximum Gasteiger partial charge on any atom is 0.265 e. The molecule has 1 aliphatic rings. The Morgan fingerprint density at radius 3 is 2.90 bits per heavy atom. The van der Waals surface area contributed by atoms with E-state index in [1.807, 2.05) is 23.6 Å². The summed E-state index contributed by atoms with van der Waals surface area (Å²) >= 11 is 6.53. The van der Waals surface area contributed by atoms with Crippen LogP contribution in [0.3, 0.4) is 0 Å². The molecule has 0 radical (unpaired) electrons. The SMILES string of the molecule is C=CCN1C(=O)/C(=C\C=C\c2cccs2)C(=O)NC1=S. The third-order valence-electron chi connectivity index (χ3n) is 2.56. The Hall–Kier alpha value is -2.05. The van der Waals surface area contributed by atoms with E-state index in [-0.39, 0.29) is 17.2 Å². The normalized spacial score (nSPS) is 17.9. The number of thiocarbonyl (C=S) groups is 1. The predicted octanol–water partition coefficient (Wildman–Crippen LogP) is 2.12. The largest absolute Gasteiger partial charge is 0.298 e. The van der Waals surface area contributed by atoms with Gasteiger partial charge in [0, 0.05) is 11.4 Å². The van der Waals surface area contributed by atoms with Crippen LogP contribution in [0.4, 0.5) is 0 Å². The number of thiophene rings is 1. The maximum atomic E-state index is 12.2. The molecular weight excluding hydrogens is 292 g/mol. The smallest absolute Gasteiger partial charge is 0.265 e. The van der Waals surface area contributed by atoms with Crippen LogP contribution < -0.4 is 5.32 Å². The average molecular weight is 304 g/mol. The molecule has 2 rings (SSSR count). The standard InChI is InChI=1S/C14H12N2O2S2/c1-2-8-16-13(18)11(12(17)15-14(16)19)7-3-5-10-6-4-9-20-10/h2-7,9H,1,8H2,(H,15,17,19)/b5-3+,11-7-. The number of nitrogens with one attached hydrogen (secondary N) is 1. The number of allylic oxidation sites excluding steroid dienone is 2. The summed E-state index contributed by atoms with van der Waals surface area (Å²) in [6, 6.07) is 3.88. The number of nitrogens with zero attached hydrogens (tertiary/aromatic N) is 1. The van der Waals surface area contributed by atoms with Crippen LogP contribution in [0, 0.1) is 0 Å². The minimum atomic E-state index is -0.476. The van der Waals surface area contributed by atoms with Crippen molar-refractivity contribution in [2.24, 2.45) is 0 Å². The van der Waals surface area contributed by atoms with Crippen LogP contribution in [-0.2, 0) is 9.59 Å². The third kappa shape index (κ3) is 3.09. The van der Waals surface area contributed by atoms with Crippen LogP contribution in [0.1, 0.15) is 4.88 Å². The molecule has 0 unspecified atom stereocenters. The summed E-state index contributed by atoms with van der Waals surface area (Å²) in [6.07, 6.45) is 6.57. The zero-order valence-electron chi connectivity index (χ0n) is 10.5. The minimum Gasteiger partial charge on any atom is -0.298 e. The van der Waals surface area contributed by atoms with Crippen molar-refractivity contribution in [1.82, 2.24) is 10.2 Å². The van der Waals surface area contributed by atoms with Crippen molar-refractivity contribution in [2.45, 2.75) is 0 Å². The van der Waals surface area contributed by atoms with Crippen molar-refractivity contribution >= 4 is 46.6 Å². The number of carbonyl (C=O) groups excluding carboxylic acids is 2. The molecule has 102 valence electrons. The van der Waals surface area contributed by atoms with Gasteiger partial charge in [0.25, 0.3) is 11.8 Å². The van der Waals surface area contributed by atoms with Crippen LogP contribution in [0.15, 0.2) is 47.9 Å². The second kappa shape index (κ2) is 6.40. The van der Waals surface area contributed by atoms with Gasteiger partial charge >= 0.3 is 0 Å². The second-order valence-electron chi connectivity index (χ2n) is 3.92. The topological polar surface area (TPSA) is 49.4 Å². The van der Waals surface area contributed by atoms with Crippen LogP contribution in [0.2, 0.25) is 0 Å². The van der Waals surface area contributed by atoms with Crippen molar-refractivity contribution in [1.29, 1.82) is 0 Å². The first-order chi connectivity index (χ1) is 9.63. The first-order valence-corrected chi connectivity index (χ1v) is 7.12. The van der Waals surface area contributed by atoms with Gasteiger partial charge in [-0.1, -0.05) is 18.2 Å². The van der Waals surface area contributed by atoms with Gasteiger partial charge in [0.05, 0.1) is 0 Å². The lowest BCUT2D eigenvalue weighted by molar-refractivity contribution is -0.128. The Balaban J connectivity index is 2.20. The van der Waals surface area contributed by atoms with Gasteiger partial charge in [0.1, 0.15) is 5.57 Å². The number of carbonyl (C=O) groups is 2. The molecule has 2 amide bonds. The highest BCUT2D eigenvalue weighted by Crippen LogP contribution is 2.13. The molecule has 1 aliphatic heterocycles. The number of amides is 2. The minimum absolute atomic E-state index is 0.0632. The Kier molecular flexibility index (Phi) is 4.60. The molecular formula is C14H12N2O2S2. The number of rotatable bonds is 4. The molecule has 1 N–H and O–H groups in total. The van der Waals surface area contributed by atoms with E-state index in [9.17, 15) is 9.59 Å². The number of hydrogen-bond acceptors (Lipinski definition) is 4. The lowest BCUT2D eigenvalue weighted by atomic mass is 10.1. The molecule has 0 bridgehead atoms. The summed E-state index contributed by atoms with van der Waals surface area (Å²) < 4.78 is 0. The van der Waals surface area contributed by atoms with E-state index in [4.69, 9.17) is 12.2 Å². The summed E-state index contributed by atoms with van der Waals surface area (Å²) in [7, 11) is 0. The third-order valence-corrected chi connectivity index (χ3v) is 3.72. The highest BCUT2D eigenvalue weighted by molar-refractivity contribution is 7.80. The van der Waals surface area contributed by atoms with Gasteiger partial charge in [-0.3, -0.25) is 19.8 Å². The van der Waals surface area contributed by atoms with Crippen LogP contribution in [-0.4, -0.2) is 28.4 Å². The number of hydrogen-bond donors (Lipinski definition) is 1.